The maximum atomic E-state index is 13.3. The molecule has 3 aromatic carbocycles. The molecule has 0 saturated heterocycles. The van der Waals surface area contributed by atoms with E-state index in [4.69, 9.17) is 4.74 Å². The molecule has 1 heterocycles. The number of fused-ring (bicyclic) bond motifs is 1. The number of aromatic nitrogens is 1. The molecule has 6 heteroatoms. The highest BCUT2D eigenvalue weighted by atomic mass is 16.5. The van der Waals surface area contributed by atoms with E-state index >= 15 is 0 Å². The third-order valence-corrected chi connectivity index (χ3v) is 6.74. The van der Waals surface area contributed by atoms with Crippen LogP contribution in [0.4, 0.5) is 0 Å². The number of nitrogens with zero attached hydrogens (tertiary/aromatic N) is 1. The van der Waals surface area contributed by atoms with Crippen molar-refractivity contribution in [3.05, 3.63) is 112 Å². The van der Waals surface area contributed by atoms with Gasteiger partial charge in [-0.3, -0.25) is 9.59 Å². The van der Waals surface area contributed by atoms with Crippen LogP contribution < -0.4 is 5.32 Å². The minimum atomic E-state index is -0.886. The second kappa shape index (κ2) is 12.5. The molecule has 1 amide bonds. The van der Waals surface area contributed by atoms with Gasteiger partial charge in [0.1, 0.15) is 11.7 Å². The van der Waals surface area contributed by atoms with Gasteiger partial charge < -0.3 is 10.1 Å². The van der Waals surface area contributed by atoms with Gasteiger partial charge in [-0.1, -0.05) is 65.7 Å². The lowest BCUT2D eigenvalue weighted by molar-refractivity contribution is -0.145. The topological polar surface area (TPSA) is 85.4 Å². The summed E-state index contributed by atoms with van der Waals surface area (Å²) in [6, 6.07) is 22.7. The molecule has 4 rings (SSSR count). The predicted molar refractivity (Wildman–Crippen MR) is 153 cm³/mol. The number of pyridine rings is 1. The van der Waals surface area contributed by atoms with Crippen LogP contribution in [0.2, 0.25) is 0 Å². The van der Waals surface area contributed by atoms with Crippen LogP contribution in [0.3, 0.4) is 0 Å². The molecular weight excluding hydrogens is 488 g/mol. The highest BCUT2D eigenvalue weighted by Crippen LogP contribution is 2.22. The summed E-state index contributed by atoms with van der Waals surface area (Å²) in [5.74, 6) is -1.21. The molecule has 39 heavy (non-hydrogen) atoms. The second-order valence-electron chi connectivity index (χ2n) is 9.92. The number of benzene rings is 3. The number of nitrogens with one attached hydrogen (secondary N) is 1. The number of esters is 1. The average Bonchev–Trinajstić information content (AvgIpc) is 2.92. The first-order chi connectivity index (χ1) is 18.7. The molecule has 1 aromatic heterocycles. The molecule has 200 valence electrons. The molecule has 1 N–H and O–H groups in total. The van der Waals surface area contributed by atoms with E-state index in [0.717, 1.165) is 29.5 Å². The molecular formula is C33H34N2O4. The molecule has 0 saturated carbocycles. The maximum absolute atomic E-state index is 13.3. The number of ether oxygens (including phenoxy) is 1. The van der Waals surface area contributed by atoms with Crippen LogP contribution in [-0.2, 0) is 28.8 Å². The number of hydrogen-bond acceptors (Lipinski definition) is 5. The van der Waals surface area contributed by atoms with Gasteiger partial charge in [0.2, 0.25) is 0 Å². The quantitative estimate of drug-likeness (QED) is 0.212. The van der Waals surface area contributed by atoms with E-state index in [2.05, 4.69) is 41.5 Å². The average molecular weight is 523 g/mol. The van der Waals surface area contributed by atoms with Crippen molar-refractivity contribution in [2.75, 3.05) is 6.61 Å². The predicted octanol–water partition coefficient (Wildman–Crippen LogP) is 5.74. The molecule has 0 fully saturated rings. The fourth-order valence-electron chi connectivity index (χ4n) is 4.51. The lowest BCUT2D eigenvalue weighted by Crippen LogP contribution is -2.43. The molecule has 0 bridgehead atoms. The molecule has 4 aromatic rings. The van der Waals surface area contributed by atoms with Gasteiger partial charge in [0.15, 0.2) is 5.78 Å². The van der Waals surface area contributed by atoms with Gasteiger partial charge >= 0.3 is 5.97 Å². The summed E-state index contributed by atoms with van der Waals surface area (Å²) in [5, 5.41) is 3.49. The Balaban J connectivity index is 1.58. The molecule has 0 aliphatic carbocycles. The summed E-state index contributed by atoms with van der Waals surface area (Å²) in [7, 11) is 0. The number of rotatable bonds is 10. The normalized spacial score (nSPS) is 11.7. The van der Waals surface area contributed by atoms with Gasteiger partial charge in [-0.05, 0) is 75.4 Å². The van der Waals surface area contributed by atoms with Crippen LogP contribution in [0.25, 0.3) is 10.9 Å². The van der Waals surface area contributed by atoms with E-state index in [9.17, 15) is 14.4 Å². The van der Waals surface area contributed by atoms with Gasteiger partial charge in [0, 0.05) is 17.4 Å². The van der Waals surface area contributed by atoms with Crippen LogP contribution in [0, 0.1) is 13.8 Å². The Labute approximate surface area is 229 Å². The third kappa shape index (κ3) is 7.17. The van der Waals surface area contributed by atoms with Crippen molar-refractivity contribution in [2.24, 2.45) is 0 Å². The second-order valence-corrected chi connectivity index (χ2v) is 9.92. The first kappa shape index (κ1) is 27.7. The van der Waals surface area contributed by atoms with Gasteiger partial charge in [-0.25, -0.2) is 9.78 Å². The van der Waals surface area contributed by atoms with E-state index in [1.807, 2.05) is 49.4 Å². The van der Waals surface area contributed by atoms with Crippen LogP contribution in [-0.4, -0.2) is 35.3 Å². The fraction of sp³-hybridized carbons (Fsp3) is 0.273. The lowest BCUT2D eigenvalue weighted by atomic mass is 9.98. The number of amides is 1. The Morgan fingerprint density at radius 3 is 2.03 bits per heavy atom. The number of carbonyl (C=O) groups is 3. The van der Waals surface area contributed by atoms with E-state index in [-0.39, 0.29) is 24.5 Å². The van der Waals surface area contributed by atoms with Crippen molar-refractivity contribution < 1.29 is 19.1 Å². The van der Waals surface area contributed by atoms with E-state index in [1.165, 1.54) is 24.1 Å². The van der Waals surface area contributed by atoms with Crippen molar-refractivity contribution in [1.82, 2.24) is 10.3 Å². The fourth-order valence-corrected chi connectivity index (χ4v) is 4.51. The van der Waals surface area contributed by atoms with Crippen molar-refractivity contribution >= 4 is 28.6 Å². The minimum Gasteiger partial charge on any atom is -0.464 e. The summed E-state index contributed by atoms with van der Waals surface area (Å²) in [6.07, 6.45) is 1.98. The van der Waals surface area contributed by atoms with Crippen LogP contribution in [0.1, 0.15) is 62.5 Å². The number of hydrogen-bond donors (Lipinski definition) is 1. The number of aryl methyl sites for hydroxylation is 4. The minimum absolute atomic E-state index is 0.0818. The van der Waals surface area contributed by atoms with Crippen molar-refractivity contribution in [2.45, 2.75) is 53.0 Å². The van der Waals surface area contributed by atoms with Crippen LogP contribution in [0.5, 0.6) is 0 Å². The molecule has 1 unspecified atom stereocenters. The van der Waals surface area contributed by atoms with Gasteiger partial charge in [0.25, 0.3) is 5.91 Å². The Hall–Kier alpha value is -4.32. The smallest absolute Gasteiger partial charge is 0.328 e. The molecule has 0 aliphatic rings. The molecule has 0 radical (unpaired) electrons. The standard InChI is InChI=1S/C33H34N2O4/c1-5-39-33(38)31(19-26-12-8-22(3)9-13-26)35-32(37)30-20-27(23(4)36)28-18-25(16-17-29(28)34-30)15-14-24-10-6-21(2)7-11-24/h6-13,16-18,20,31H,5,14-15,19H2,1-4H3,(H,35,37). The highest BCUT2D eigenvalue weighted by molar-refractivity contribution is 6.09. The monoisotopic (exact) mass is 522 g/mol. The van der Waals surface area contributed by atoms with Gasteiger partial charge in [-0.15, -0.1) is 0 Å². The lowest BCUT2D eigenvalue weighted by Gasteiger charge is -2.18. The first-order valence-corrected chi connectivity index (χ1v) is 13.3. The van der Waals surface area contributed by atoms with Crippen molar-refractivity contribution in [3.63, 3.8) is 0 Å². The summed E-state index contributed by atoms with van der Waals surface area (Å²) >= 11 is 0. The zero-order valence-electron chi connectivity index (χ0n) is 22.9. The largest absolute Gasteiger partial charge is 0.464 e. The van der Waals surface area contributed by atoms with Gasteiger partial charge in [-0.2, -0.15) is 0 Å². The summed E-state index contributed by atoms with van der Waals surface area (Å²) < 4.78 is 5.21. The van der Waals surface area contributed by atoms with E-state index in [1.54, 1.807) is 6.92 Å². The Bertz CT molecular complexity index is 1490. The molecule has 0 spiro atoms. The zero-order valence-corrected chi connectivity index (χ0v) is 22.9. The first-order valence-electron chi connectivity index (χ1n) is 13.3. The molecule has 6 nitrogen and oxygen atoms in total. The van der Waals surface area contributed by atoms with Crippen molar-refractivity contribution in [1.29, 1.82) is 0 Å². The highest BCUT2D eigenvalue weighted by Gasteiger charge is 2.25. The SMILES string of the molecule is CCOC(=O)C(Cc1ccc(C)cc1)NC(=O)c1cc(C(C)=O)c2cc(CCc3ccc(C)cc3)ccc2n1. The Morgan fingerprint density at radius 1 is 0.821 bits per heavy atom. The Kier molecular flexibility index (Phi) is 8.87. The molecule has 1 atom stereocenters. The number of Topliss-reactive ketones (excluding diaryl/α,β-unsaturated/α-hetero) is 1. The number of carbonyl (C=O) groups excluding carboxylic acids is 3. The summed E-state index contributed by atoms with van der Waals surface area (Å²) in [5.41, 5.74) is 6.62. The summed E-state index contributed by atoms with van der Waals surface area (Å²) in [6.45, 7) is 7.46. The van der Waals surface area contributed by atoms with E-state index in [0.29, 0.717) is 16.5 Å². The van der Waals surface area contributed by atoms with Crippen LogP contribution >= 0.6 is 0 Å². The Morgan fingerprint density at radius 2 is 1.41 bits per heavy atom. The summed E-state index contributed by atoms with van der Waals surface area (Å²) in [4.78, 5) is 43.1. The third-order valence-electron chi connectivity index (χ3n) is 6.74. The number of ketones is 1. The van der Waals surface area contributed by atoms with E-state index < -0.39 is 17.9 Å². The molecule has 0 aliphatic heterocycles. The zero-order chi connectivity index (χ0) is 27.9. The van der Waals surface area contributed by atoms with Gasteiger partial charge in [0.05, 0.1) is 12.1 Å². The van der Waals surface area contributed by atoms with Crippen molar-refractivity contribution in [3.8, 4) is 0 Å². The maximum Gasteiger partial charge on any atom is 0.328 e. The van der Waals surface area contributed by atoms with Crippen LogP contribution in [0.15, 0.2) is 72.8 Å².